The zero-order valence-electron chi connectivity index (χ0n) is 13.4. The minimum absolute atomic E-state index is 0.118. The molecule has 2 heterocycles. The Hall–Kier alpha value is -2.90. The van der Waals surface area contributed by atoms with Gasteiger partial charge in [0.1, 0.15) is 17.5 Å². The molecule has 4 rings (SSSR count). The Morgan fingerprint density at radius 2 is 2.12 bits per heavy atom. The molecule has 8 heteroatoms. The predicted octanol–water partition coefficient (Wildman–Crippen LogP) is 1.71. The van der Waals surface area contributed by atoms with Crippen LogP contribution in [0.25, 0.3) is 0 Å². The van der Waals surface area contributed by atoms with E-state index in [0.29, 0.717) is 29.4 Å². The van der Waals surface area contributed by atoms with Gasteiger partial charge in [-0.1, -0.05) is 5.10 Å². The van der Waals surface area contributed by atoms with Crippen molar-refractivity contribution in [3.05, 3.63) is 35.0 Å². The number of Topliss-reactive ketones (excluding diaryl/α,β-unsaturated/α-hetero) is 1. The number of nitrogens with zero attached hydrogens (tertiary/aromatic N) is 4. The van der Waals surface area contributed by atoms with E-state index in [4.69, 9.17) is 9.47 Å². The molecule has 0 amide bonds. The van der Waals surface area contributed by atoms with E-state index in [1.54, 1.807) is 25.0 Å². The van der Waals surface area contributed by atoms with Gasteiger partial charge in [-0.15, -0.1) is 0 Å². The molecular formula is C16H17N5O3. The molecule has 2 aromatic rings. The molecular weight excluding hydrogens is 310 g/mol. The zero-order valence-corrected chi connectivity index (χ0v) is 13.4. The van der Waals surface area contributed by atoms with Gasteiger partial charge in [0.2, 0.25) is 5.95 Å². The fourth-order valence-corrected chi connectivity index (χ4v) is 3.35. The molecule has 1 N–H and O–H groups in total. The third-order valence-electron chi connectivity index (χ3n) is 4.46. The minimum Gasteiger partial charge on any atom is -0.497 e. The maximum Gasteiger partial charge on any atom is 0.248 e. The van der Waals surface area contributed by atoms with Crippen LogP contribution < -0.4 is 14.8 Å². The Labute approximate surface area is 138 Å². The van der Waals surface area contributed by atoms with Crippen LogP contribution in [-0.4, -0.2) is 40.2 Å². The number of allylic oxidation sites excluding steroid dienone is 2. The number of aromatic nitrogens is 4. The standard InChI is InChI=1S/C16H17N5O3/c1-23-9-6-7-10(13(8-9)24-2)15-14-11(4-3-5-12(14)22)17-16-18-19-20-21(15)16/h6-8,15H,3-5H2,1-2H3,(H,17,18,20)/t15-/m1/s1. The number of ether oxygens (including phenoxy) is 2. The van der Waals surface area contributed by atoms with E-state index in [9.17, 15) is 4.79 Å². The number of fused-ring (bicyclic) bond motifs is 1. The molecule has 0 bridgehead atoms. The molecule has 0 saturated heterocycles. The van der Waals surface area contributed by atoms with E-state index in [0.717, 1.165) is 24.1 Å². The molecule has 1 aromatic heterocycles. The molecule has 24 heavy (non-hydrogen) atoms. The van der Waals surface area contributed by atoms with E-state index in [2.05, 4.69) is 20.8 Å². The summed E-state index contributed by atoms with van der Waals surface area (Å²) < 4.78 is 12.4. The van der Waals surface area contributed by atoms with E-state index in [1.807, 2.05) is 12.1 Å². The number of carbonyl (C=O) groups excluding carboxylic acids is 1. The zero-order chi connectivity index (χ0) is 16.7. The van der Waals surface area contributed by atoms with Crippen LogP contribution in [-0.2, 0) is 4.79 Å². The molecule has 0 saturated carbocycles. The van der Waals surface area contributed by atoms with Crippen LogP contribution in [0.2, 0.25) is 0 Å². The normalized spacial score (nSPS) is 19.4. The molecule has 0 spiro atoms. The van der Waals surface area contributed by atoms with Crippen molar-refractivity contribution in [1.82, 2.24) is 20.2 Å². The fraction of sp³-hybridized carbons (Fsp3) is 0.375. The lowest BCUT2D eigenvalue weighted by Crippen LogP contribution is -2.31. The van der Waals surface area contributed by atoms with Crippen LogP contribution in [0.1, 0.15) is 30.9 Å². The average molecular weight is 327 g/mol. The molecule has 2 aliphatic rings. The number of hydrogen-bond acceptors (Lipinski definition) is 7. The highest BCUT2D eigenvalue weighted by atomic mass is 16.5. The number of anilines is 1. The van der Waals surface area contributed by atoms with E-state index < -0.39 is 6.04 Å². The molecule has 124 valence electrons. The second-order valence-corrected chi connectivity index (χ2v) is 5.75. The SMILES string of the molecule is COc1ccc([C@@H]2C3=C(CCCC3=O)Nc3nnnn32)c(OC)c1. The fourth-order valence-electron chi connectivity index (χ4n) is 3.35. The number of tetrazole rings is 1. The number of carbonyl (C=O) groups is 1. The van der Waals surface area contributed by atoms with Gasteiger partial charge in [-0.2, -0.15) is 4.68 Å². The van der Waals surface area contributed by atoms with Crippen LogP contribution in [0.4, 0.5) is 5.95 Å². The largest absolute Gasteiger partial charge is 0.497 e. The van der Waals surface area contributed by atoms with Crippen molar-refractivity contribution >= 4 is 11.7 Å². The first-order valence-corrected chi connectivity index (χ1v) is 7.76. The van der Waals surface area contributed by atoms with Gasteiger partial charge in [-0.25, -0.2) is 0 Å². The number of ketones is 1. The summed E-state index contributed by atoms with van der Waals surface area (Å²) in [6.07, 6.45) is 2.18. The van der Waals surface area contributed by atoms with Crippen LogP contribution >= 0.6 is 0 Å². The molecule has 8 nitrogen and oxygen atoms in total. The van der Waals surface area contributed by atoms with Gasteiger partial charge in [0.05, 0.1) is 14.2 Å². The quantitative estimate of drug-likeness (QED) is 0.917. The summed E-state index contributed by atoms with van der Waals surface area (Å²) in [5.74, 6) is 1.97. The maximum absolute atomic E-state index is 12.6. The second kappa shape index (κ2) is 5.63. The highest BCUT2D eigenvalue weighted by Gasteiger charge is 2.37. The summed E-state index contributed by atoms with van der Waals surface area (Å²) in [5.41, 5.74) is 2.44. The molecule has 1 aromatic carbocycles. The Morgan fingerprint density at radius 1 is 1.25 bits per heavy atom. The first kappa shape index (κ1) is 14.7. The molecule has 0 fully saturated rings. The first-order chi connectivity index (χ1) is 11.7. The van der Waals surface area contributed by atoms with Gasteiger partial charge in [-0.3, -0.25) is 4.79 Å². The van der Waals surface area contributed by atoms with Crippen molar-refractivity contribution in [2.45, 2.75) is 25.3 Å². The summed E-state index contributed by atoms with van der Waals surface area (Å²) in [7, 11) is 3.20. The lowest BCUT2D eigenvalue weighted by molar-refractivity contribution is -0.116. The van der Waals surface area contributed by atoms with Crippen LogP contribution in [0.5, 0.6) is 11.5 Å². The van der Waals surface area contributed by atoms with Gasteiger partial charge >= 0.3 is 0 Å². The van der Waals surface area contributed by atoms with Crippen molar-refractivity contribution in [2.75, 3.05) is 19.5 Å². The second-order valence-electron chi connectivity index (χ2n) is 5.75. The highest BCUT2D eigenvalue weighted by molar-refractivity contribution is 5.99. The minimum atomic E-state index is -0.403. The third-order valence-corrected chi connectivity index (χ3v) is 4.46. The summed E-state index contributed by atoms with van der Waals surface area (Å²) in [4.78, 5) is 12.6. The average Bonchev–Trinajstić information content (AvgIpc) is 3.07. The van der Waals surface area contributed by atoms with Crippen molar-refractivity contribution in [3.8, 4) is 11.5 Å². The van der Waals surface area contributed by atoms with E-state index in [1.165, 1.54) is 0 Å². The van der Waals surface area contributed by atoms with Crippen molar-refractivity contribution in [3.63, 3.8) is 0 Å². The first-order valence-electron chi connectivity index (χ1n) is 7.76. The Morgan fingerprint density at radius 3 is 2.92 bits per heavy atom. The number of methoxy groups -OCH3 is 2. The summed E-state index contributed by atoms with van der Waals surface area (Å²) >= 11 is 0. The molecule has 1 aliphatic carbocycles. The van der Waals surface area contributed by atoms with Gasteiger partial charge in [-0.05, 0) is 35.4 Å². The summed E-state index contributed by atoms with van der Waals surface area (Å²) in [6.45, 7) is 0. The number of benzene rings is 1. The number of rotatable bonds is 3. The van der Waals surface area contributed by atoms with Crippen molar-refractivity contribution < 1.29 is 14.3 Å². The van der Waals surface area contributed by atoms with Crippen LogP contribution in [0, 0.1) is 0 Å². The van der Waals surface area contributed by atoms with Gasteiger partial charge in [0, 0.05) is 29.3 Å². The third kappa shape index (κ3) is 2.14. The van der Waals surface area contributed by atoms with E-state index >= 15 is 0 Å². The Bertz CT molecular complexity index is 842. The topological polar surface area (TPSA) is 91.2 Å². The molecule has 0 radical (unpaired) electrons. The summed E-state index contributed by atoms with van der Waals surface area (Å²) in [6, 6.07) is 5.14. The molecule has 1 aliphatic heterocycles. The highest BCUT2D eigenvalue weighted by Crippen LogP contribution is 2.42. The molecule has 0 unspecified atom stereocenters. The van der Waals surface area contributed by atoms with Crippen LogP contribution in [0.15, 0.2) is 29.5 Å². The van der Waals surface area contributed by atoms with Gasteiger partial charge in [0.15, 0.2) is 5.78 Å². The lowest BCUT2D eigenvalue weighted by atomic mass is 9.85. The summed E-state index contributed by atoms with van der Waals surface area (Å²) in [5, 5.41) is 15.0. The molecule has 1 atom stereocenters. The predicted molar refractivity (Wildman–Crippen MR) is 85.0 cm³/mol. The smallest absolute Gasteiger partial charge is 0.248 e. The van der Waals surface area contributed by atoms with Gasteiger partial charge in [0.25, 0.3) is 0 Å². The van der Waals surface area contributed by atoms with Gasteiger partial charge < -0.3 is 14.8 Å². The number of nitrogens with one attached hydrogen (secondary N) is 1. The number of hydrogen-bond donors (Lipinski definition) is 1. The Balaban J connectivity index is 1.92. The maximum atomic E-state index is 12.6. The Kier molecular flexibility index (Phi) is 3.44. The van der Waals surface area contributed by atoms with Crippen molar-refractivity contribution in [2.24, 2.45) is 0 Å². The lowest BCUT2D eigenvalue weighted by Gasteiger charge is -2.32. The van der Waals surface area contributed by atoms with E-state index in [-0.39, 0.29) is 5.78 Å². The van der Waals surface area contributed by atoms with Crippen LogP contribution in [0.3, 0.4) is 0 Å². The van der Waals surface area contributed by atoms with Crippen molar-refractivity contribution in [1.29, 1.82) is 0 Å². The monoisotopic (exact) mass is 327 g/mol.